The molecular weight excluding hydrogens is 379 g/mol. The van der Waals surface area contributed by atoms with E-state index in [0.29, 0.717) is 17.1 Å². The van der Waals surface area contributed by atoms with Gasteiger partial charge >= 0.3 is 5.97 Å². The second kappa shape index (κ2) is 9.01. The molecule has 150 valence electrons. The van der Waals surface area contributed by atoms with Gasteiger partial charge in [-0.3, -0.25) is 0 Å². The molecule has 0 unspecified atom stereocenters. The lowest BCUT2D eigenvalue weighted by molar-refractivity contribution is -0.143. The minimum Gasteiger partial charge on any atom is -0.493 e. The highest BCUT2D eigenvalue weighted by atomic mass is 19.1. The fourth-order valence-electron chi connectivity index (χ4n) is 2.49. The van der Waals surface area contributed by atoms with Gasteiger partial charge in [0.25, 0.3) is 5.89 Å². The van der Waals surface area contributed by atoms with E-state index in [0.717, 1.165) is 5.56 Å². The van der Waals surface area contributed by atoms with E-state index in [1.54, 1.807) is 38.3 Å². The van der Waals surface area contributed by atoms with E-state index in [9.17, 15) is 9.18 Å². The molecule has 0 aliphatic rings. The number of aromatic nitrogens is 2. The monoisotopic (exact) mass is 398 g/mol. The van der Waals surface area contributed by atoms with Crippen molar-refractivity contribution in [2.45, 2.75) is 13.0 Å². The lowest BCUT2D eigenvalue weighted by Gasteiger charge is -2.08. The van der Waals surface area contributed by atoms with E-state index >= 15 is 0 Å². The van der Waals surface area contributed by atoms with E-state index in [1.807, 2.05) is 0 Å². The molecule has 0 aliphatic heterocycles. The van der Waals surface area contributed by atoms with E-state index in [2.05, 4.69) is 10.2 Å². The molecule has 0 aliphatic carbocycles. The molecule has 0 amide bonds. The second-order valence-electron chi connectivity index (χ2n) is 5.98. The first-order chi connectivity index (χ1) is 14.0. The van der Waals surface area contributed by atoms with Crippen LogP contribution in [-0.2, 0) is 9.53 Å². The van der Waals surface area contributed by atoms with E-state index in [-0.39, 0.29) is 17.6 Å². The van der Waals surface area contributed by atoms with Gasteiger partial charge in [-0.15, -0.1) is 10.2 Å². The number of hydrogen-bond acceptors (Lipinski definition) is 7. The molecule has 29 heavy (non-hydrogen) atoms. The van der Waals surface area contributed by atoms with Crippen molar-refractivity contribution in [1.29, 1.82) is 0 Å². The summed E-state index contributed by atoms with van der Waals surface area (Å²) in [7, 11) is 3.08. The van der Waals surface area contributed by atoms with Crippen molar-refractivity contribution in [3.8, 4) is 23.0 Å². The van der Waals surface area contributed by atoms with Crippen LogP contribution in [0.5, 0.6) is 11.5 Å². The quantitative estimate of drug-likeness (QED) is 0.435. The van der Waals surface area contributed by atoms with Gasteiger partial charge in [0.1, 0.15) is 5.82 Å². The molecular formula is C21H19FN2O5. The SMILES string of the molecule is COc1ccc(/C=C/C(=O)O[C@@H](C)c2nnc(-c3ccc(F)cc3)o2)cc1OC. The van der Waals surface area contributed by atoms with Crippen LogP contribution in [0.3, 0.4) is 0 Å². The summed E-state index contributed by atoms with van der Waals surface area (Å²) in [6.45, 7) is 1.62. The van der Waals surface area contributed by atoms with Crippen LogP contribution in [0.25, 0.3) is 17.5 Å². The minimum atomic E-state index is -0.751. The number of benzene rings is 2. The normalized spacial score (nSPS) is 12.0. The number of methoxy groups -OCH3 is 2. The predicted octanol–water partition coefficient (Wildman–Crippen LogP) is 4.21. The van der Waals surface area contributed by atoms with Gasteiger partial charge < -0.3 is 18.6 Å². The Kier molecular flexibility index (Phi) is 6.23. The first kappa shape index (κ1) is 20.1. The van der Waals surface area contributed by atoms with Crippen LogP contribution >= 0.6 is 0 Å². The fraction of sp³-hybridized carbons (Fsp3) is 0.190. The third-order valence-electron chi connectivity index (χ3n) is 3.99. The zero-order valence-corrected chi connectivity index (χ0v) is 16.1. The molecule has 3 aromatic rings. The Labute approximate surface area is 166 Å². The van der Waals surface area contributed by atoms with Gasteiger partial charge in [-0.05, 0) is 55.0 Å². The Morgan fingerprint density at radius 2 is 1.79 bits per heavy atom. The number of ether oxygens (including phenoxy) is 3. The van der Waals surface area contributed by atoms with Crippen molar-refractivity contribution < 1.29 is 27.8 Å². The first-order valence-electron chi connectivity index (χ1n) is 8.70. The highest BCUT2D eigenvalue weighted by molar-refractivity contribution is 5.87. The highest BCUT2D eigenvalue weighted by Gasteiger charge is 2.18. The molecule has 1 heterocycles. The van der Waals surface area contributed by atoms with Gasteiger partial charge in [0.15, 0.2) is 17.6 Å². The molecule has 0 saturated carbocycles. The van der Waals surface area contributed by atoms with Crippen LogP contribution in [-0.4, -0.2) is 30.4 Å². The third-order valence-corrected chi connectivity index (χ3v) is 3.99. The van der Waals surface area contributed by atoms with Gasteiger partial charge in [-0.25, -0.2) is 9.18 Å². The zero-order chi connectivity index (χ0) is 20.8. The van der Waals surface area contributed by atoms with Crippen molar-refractivity contribution in [2.75, 3.05) is 14.2 Å². The van der Waals surface area contributed by atoms with E-state index in [4.69, 9.17) is 18.6 Å². The Morgan fingerprint density at radius 1 is 1.07 bits per heavy atom. The molecule has 1 atom stereocenters. The maximum atomic E-state index is 13.0. The summed E-state index contributed by atoms with van der Waals surface area (Å²) in [6.07, 6.45) is 2.13. The Bertz CT molecular complexity index is 1010. The first-order valence-corrected chi connectivity index (χ1v) is 8.70. The number of rotatable bonds is 7. The lowest BCUT2D eigenvalue weighted by Crippen LogP contribution is -2.06. The molecule has 7 nitrogen and oxygen atoms in total. The van der Waals surface area contributed by atoms with E-state index < -0.39 is 12.1 Å². The molecule has 3 rings (SSSR count). The van der Waals surface area contributed by atoms with Crippen LogP contribution < -0.4 is 9.47 Å². The third kappa shape index (κ3) is 4.98. The number of esters is 1. The zero-order valence-electron chi connectivity index (χ0n) is 16.1. The van der Waals surface area contributed by atoms with Gasteiger partial charge in [0.05, 0.1) is 14.2 Å². The van der Waals surface area contributed by atoms with Crippen LogP contribution in [0.2, 0.25) is 0 Å². The number of hydrogen-bond donors (Lipinski definition) is 0. The molecule has 2 aromatic carbocycles. The van der Waals surface area contributed by atoms with Crippen LogP contribution in [0, 0.1) is 5.82 Å². The summed E-state index contributed by atoms with van der Waals surface area (Å²) in [6, 6.07) is 10.9. The fourth-order valence-corrected chi connectivity index (χ4v) is 2.49. The van der Waals surface area contributed by atoms with Crippen molar-refractivity contribution in [2.24, 2.45) is 0 Å². The molecule has 0 fully saturated rings. The van der Waals surface area contributed by atoms with Gasteiger partial charge in [0.2, 0.25) is 5.89 Å². The summed E-state index contributed by atoms with van der Waals surface area (Å²) in [5, 5.41) is 7.79. The maximum absolute atomic E-state index is 13.0. The van der Waals surface area contributed by atoms with Crippen molar-refractivity contribution in [3.05, 3.63) is 65.8 Å². The summed E-state index contributed by atoms with van der Waals surface area (Å²) >= 11 is 0. The minimum absolute atomic E-state index is 0.136. The average molecular weight is 398 g/mol. The van der Waals surface area contributed by atoms with Gasteiger partial charge in [-0.2, -0.15) is 0 Å². The predicted molar refractivity (Wildman–Crippen MR) is 103 cm³/mol. The van der Waals surface area contributed by atoms with Crippen molar-refractivity contribution in [1.82, 2.24) is 10.2 Å². The molecule has 0 saturated heterocycles. The number of nitrogens with zero attached hydrogens (tertiary/aromatic N) is 2. The second-order valence-corrected chi connectivity index (χ2v) is 5.98. The van der Waals surface area contributed by atoms with Gasteiger partial charge in [-0.1, -0.05) is 6.07 Å². The van der Waals surface area contributed by atoms with E-state index in [1.165, 1.54) is 37.5 Å². The smallest absolute Gasteiger partial charge is 0.331 e. The largest absolute Gasteiger partial charge is 0.493 e. The van der Waals surface area contributed by atoms with Crippen LogP contribution in [0.1, 0.15) is 24.5 Å². The van der Waals surface area contributed by atoms with Crippen LogP contribution in [0.4, 0.5) is 4.39 Å². The van der Waals surface area contributed by atoms with Crippen molar-refractivity contribution in [3.63, 3.8) is 0 Å². The molecule has 0 spiro atoms. The number of halogens is 1. The summed E-state index contributed by atoms with van der Waals surface area (Å²) in [5.74, 6) is 0.552. The molecule has 8 heteroatoms. The topological polar surface area (TPSA) is 83.7 Å². The summed E-state index contributed by atoms with van der Waals surface area (Å²) in [5.41, 5.74) is 1.31. The summed E-state index contributed by atoms with van der Waals surface area (Å²) < 4.78 is 34.2. The summed E-state index contributed by atoms with van der Waals surface area (Å²) in [4.78, 5) is 12.1. The molecule has 0 bridgehead atoms. The molecule has 1 aromatic heterocycles. The number of carbonyl (C=O) groups is 1. The Morgan fingerprint density at radius 3 is 2.48 bits per heavy atom. The lowest BCUT2D eigenvalue weighted by atomic mass is 10.2. The van der Waals surface area contributed by atoms with Gasteiger partial charge in [0, 0.05) is 11.6 Å². The van der Waals surface area contributed by atoms with Crippen molar-refractivity contribution >= 4 is 12.0 Å². The highest BCUT2D eigenvalue weighted by Crippen LogP contribution is 2.28. The Balaban J connectivity index is 1.63. The standard InChI is InChI=1S/C21H19FN2O5/c1-13(20-23-24-21(29-20)15-6-8-16(22)9-7-15)28-19(25)11-5-14-4-10-17(26-2)18(12-14)27-3/h4-13H,1-3H3/b11-5+/t13-/m0/s1. The maximum Gasteiger partial charge on any atom is 0.331 e. The number of carbonyl (C=O) groups excluding carboxylic acids is 1. The molecule has 0 radical (unpaired) electrons. The van der Waals surface area contributed by atoms with Crippen LogP contribution in [0.15, 0.2) is 53.0 Å². The molecule has 0 N–H and O–H groups in total. The Hall–Kier alpha value is -3.68. The average Bonchev–Trinajstić information content (AvgIpc) is 3.23.